The third-order valence-electron chi connectivity index (χ3n) is 2.61. The Morgan fingerprint density at radius 3 is 1.41 bits per heavy atom. The van der Waals surface area contributed by atoms with Gasteiger partial charge in [-0.25, -0.2) is 0 Å². The number of carbonyl (C=O) groups is 2. The summed E-state index contributed by atoms with van der Waals surface area (Å²) in [7, 11) is 5.65. The largest absolute Gasteiger partial charge is 0.350 e. The van der Waals surface area contributed by atoms with E-state index >= 15 is 0 Å². The summed E-state index contributed by atoms with van der Waals surface area (Å²) in [5.41, 5.74) is 0. The van der Waals surface area contributed by atoms with Crippen LogP contribution in [0.15, 0.2) is 0 Å². The highest BCUT2D eigenvalue weighted by molar-refractivity contribution is 5.79. The van der Waals surface area contributed by atoms with E-state index < -0.39 is 0 Å². The van der Waals surface area contributed by atoms with Crippen LogP contribution in [0.25, 0.3) is 0 Å². The Labute approximate surface area is 218 Å². The van der Waals surface area contributed by atoms with Gasteiger partial charge in [0.2, 0.25) is 12.3 Å². The number of hydrogen-bond acceptors (Lipinski definition) is 4. The first-order valence-corrected chi connectivity index (χ1v) is 13.9. The van der Waals surface area contributed by atoms with Gasteiger partial charge in [-0.1, -0.05) is 110 Å². The van der Waals surface area contributed by atoms with Crippen LogP contribution in [0.4, 0.5) is 0 Å². The molecule has 0 aliphatic rings. The third kappa shape index (κ3) is 109. The van der Waals surface area contributed by atoms with Gasteiger partial charge in [-0.3, -0.25) is 9.59 Å². The van der Waals surface area contributed by atoms with Gasteiger partial charge < -0.3 is 20.9 Å². The van der Waals surface area contributed by atoms with Crippen molar-refractivity contribution in [1.29, 1.82) is 0 Å². The Bertz CT molecular complexity index is 274. The molecular weight excluding hydrogens is 424 g/mol. The molecule has 6 nitrogen and oxygen atoms in total. The first-order valence-electron chi connectivity index (χ1n) is 13.9. The van der Waals surface area contributed by atoms with Gasteiger partial charge in [0, 0.05) is 26.2 Å². The quantitative estimate of drug-likeness (QED) is 0.301. The lowest BCUT2D eigenvalue weighted by molar-refractivity contribution is -0.130. The predicted molar refractivity (Wildman–Crippen MR) is 161 cm³/mol. The van der Waals surface area contributed by atoms with Crippen molar-refractivity contribution >= 4 is 12.3 Å². The van der Waals surface area contributed by atoms with Crippen LogP contribution < -0.4 is 16.0 Å². The van der Waals surface area contributed by atoms with E-state index in [0.29, 0.717) is 12.5 Å². The van der Waals surface area contributed by atoms with Crippen molar-refractivity contribution in [2.45, 2.75) is 129 Å². The van der Waals surface area contributed by atoms with E-state index in [-0.39, 0.29) is 12.5 Å². The van der Waals surface area contributed by atoms with Gasteiger partial charge in [0.25, 0.3) is 0 Å². The van der Waals surface area contributed by atoms with Gasteiger partial charge >= 0.3 is 0 Å². The molecule has 216 valence electrons. The lowest BCUT2D eigenvalue weighted by Gasteiger charge is -2.15. The minimum Gasteiger partial charge on any atom is -0.350 e. The van der Waals surface area contributed by atoms with Crippen molar-refractivity contribution in [2.24, 2.45) is 5.92 Å². The van der Waals surface area contributed by atoms with Gasteiger partial charge in [-0.2, -0.15) is 0 Å². The fourth-order valence-corrected chi connectivity index (χ4v) is 1.19. The second-order valence-electron chi connectivity index (χ2n) is 6.85. The van der Waals surface area contributed by atoms with Crippen LogP contribution in [-0.2, 0) is 9.59 Å². The topological polar surface area (TPSA) is 73.5 Å². The van der Waals surface area contributed by atoms with E-state index in [2.05, 4.69) is 64.4 Å². The Kier molecular flexibility index (Phi) is 111. The summed E-state index contributed by atoms with van der Waals surface area (Å²) in [6.07, 6.45) is 3.85. The Balaban J connectivity index is -0.0000000438. The van der Waals surface area contributed by atoms with Gasteiger partial charge in [-0.05, 0) is 33.4 Å². The van der Waals surface area contributed by atoms with Crippen LogP contribution in [0.1, 0.15) is 123 Å². The summed E-state index contributed by atoms with van der Waals surface area (Å²) in [6.45, 7) is 32.9. The summed E-state index contributed by atoms with van der Waals surface area (Å²) >= 11 is 0. The second-order valence-corrected chi connectivity index (χ2v) is 6.85. The number of hydrogen-bond donors (Lipinski definition) is 3. The van der Waals surface area contributed by atoms with Gasteiger partial charge in [-0.15, -0.1) is 0 Å². The number of carbonyl (C=O) groups excluding carboxylic acids is 2. The Morgan fingerprint density at radius 2 is 1.21 bits per heavy atom. The number of rotatable bonds is 9. The highest BCUT2D eigenvalue weighted by Crippen LogP contribution is 1.91. The Morgan fingerprint density at radius 1 is 0.853 bits per heavy atom. The molecule has 0 aromatic rings. The van der Waals surface area contributed by atoms with E-state index in [1.165, 1.54) is 6.42 Å². The van der Waals surface area contributed by atoms with Crippen molar-refractivity contribution in [3.8, 4) is 0 Å². The Hall–Kier alpha value is -1.14. The van der Waals surface area contributed by atoms with Crippen LogP contribution in [0, 0.1) is 5.92 Å². The molecule has 6 heteroatoms. The summed E-state index contributed by atoms with van der Waals surface area (Å²) in [4.78, 5) is 22.6. The van der Waals surface area contributed by atoms with Crippen molar-refractivity contribution in [2.75, 3.05) is 40.8 Å². The van der Waals surface area contributed by atoms with E-state index in [4.69, 9.17) is 0 Å². The fourth-order valence-electron chi connectivity index (χ4n) is 1.19. The summed E-state index contributed by atoms with van der Waals surface area (Å²) < 4.78 is 0. The van der Waals surface area contributed by atoms with Crippen LogP contribution >= 0.6 is 0 Å². The smallest absolute Gasteiger partial charge is 0.241 e. The molecule has 0 aliphatic carbocycles. The third-order valence-corrected chi connectivity index (χ3v) is 2.61. The molecule has 0 aromatic heterocycles. The first kappa shape index (κ1) is 54.0. The molecule has 0 saturated heterocycles. The predicted octanol–water partition coefficient (Wildman–Crippen LogP) is 6.99. The molecule has 0 saturated carbocycles. The second kappa shape index (κ2) is 69.7. The number of amides is 2. The molecule has 1 atom stereocenters. The molecular formula is C28H72N4O2. The summed E-state index contributed by atoms with van der Waals surface area (Å²) in [5.74, 6) is 0.788. The molecule has 0 bridgehead atoms. The lowest BCUT2D eigenvalue weighted by Crippen LogP contribution is -2.35. The van der Waals surface area contributed by atoms with Gasteiger partial charge in [0.15, 0.2) is 0 Å². The maximum atomic E-state index is 11.1. The fraction of sp³-hybridized carbons (Fsp3) is 0.929. The number of nitrogens with zero attached hydrogens (tertiary/aromatic N) is 1. The van der Waals surface area contributed by atoms with Crippen molar-refractivity contribution in [3.63, 3.8) is 0 Å². The molecule has 0 radical (unpaired) electrons. The monoisotopic (exact) mass is 497 g/mol. The average molecular weight is 497 g/mol. The van der Waals surface area contributed by atoms with Crippen LogP contribution in [0.2, 0.25) is 0 Å². The van der Waals surface area contributed by atoms with Gasteiger partial charge in [0.1, 0.15) is 0 Å². The minimum absolute atomic E-state index is 0.0458. The maximum Gasteiger partial charge on any atom is 0.241 e. The first-order chi connectivity index (χ1) is 16.2. The van der Waals surface area contributed by atoms with Crippen LogP contribution in [0.3, 0.4) is 0 Å². The molecule has 0 rings (SSSR count). The molecule has 0 spiro atoms. The molecule has 0 fully saturated rings. The molecule has 34 heavy (non-hydrogen) atoms. The van der Waals surface area contributed by atoms with E-state index in [1.807, 2.05) is 69.5 Å². The molecule has 0 aromatic carbocycles. The normalized spacial score (nSPS) is 8.44. The van der Waals surface area contributed by atoms with E-state index in [9.17, 15) is 9.59 Å². The van der Waals surface area contributed by atoms with E-state index in [1.54, 1.807) is 11.9 Å². The van der Waals surface area contributed by atoms with Crippen molar-refractivity contribution in [1.82, 2.24) is 20.9 Å². The summed E-state index contributed by atoms with van der Waals surface area (Å²) in [6, 6.07) is 0.588. The molecule has 3 N–H and O–H groups in total. The standard InChI is InChI=1S/C8H16N2O2.C5H14N2.C4H10.C3H8.4C2H6/c1-3-4-5-10(2)8(12)6-9-7-11;1-5(7-3)4-6-2;1-4(2)3;1-3-2;4*1-2/h7H,3-6H2,1-2H3,(H,9,11);5-7H,4H2,1-3H3;4H,1-3H3;3H2,1-2H3;4*1-2H3. The molecule has 1 unspecified atom stereocenters. The highest BCUT2D eigenvalue weighted by Gasteiger charge is 2.05. The number of likely N-dealkylation sites (N-methyl/N-ethyl adjacent to an activating group) is 3. The molecule has 0 heterocycles. The number of nitrogens with one attached hydrogen (secondary N) is 3. The maximum absolute atomic E-state index is 11.1. The molecule has 2 amide bonds. The zero-order valence-electron chi connectivity index (χ0n) is 27.2. The van der Waals surface area contributed by atoms with Crippen LogP contribution in [-0.4, -0.2) is 64.0 Å². The number of unbranched alkanes of at least 4 members (excludes halogenated alkanes) is 1. The SMILES string of the molecule is CC.CC.CC.CC.CC(C)C.CCC.CCCCN(C)C(=O)CNC=O.CNCC(C)NC. The highest BCUT2D eigenvalue weighted by atomic mass is 16.2. The van der Waals surface area contributed by atoms with Gasteiger partial charge in [0.05, 0.1) is 6.54 Å². The minimum atomic E-state index is -0.0458. The summed E-state index contributed by atoms with van der Waals surface area (Å²) in [5, 5.41) is 8.49. The van der Waals surface area contributed by atoms with Crippen molar-refractivity contribution in [3.05, 3.63) is 0 Å². The lowest BCUT2D eigenvalue weighted by atomic mass is 10.3. The van der Waals surface area contributed by atoms with E-state index in [0.717, 1.165) is 31.8 Å². The zero-order chi connectivity index (χ0) is 29.4. The molecule has 0 aliphatic heterocycles. The average Bonchev–Trinajstić information content (AvgIpc) is 2.86. The zero-order valence-corrected chi connectivity index (χ0v) is 27.2. The van der Waals surface area contributed by atoms with Crippen LogP contribution in [0.5, 0.6) is 0 Å². The van der Waals surface area contributed by atoms with Crippen molar-refractivity contribution < 1.29 is 9.59 Å².